The minimum atomic E-state index is -0.0434. The first-order valence-electron chi connectivity index (χ1n) is 10.1. The molecule has 2 aromatic rings. The molecule has 0 spiro atoms. The van der Waals surface area contributed by atoms with Crippen LogP contribution in [0.2, 0.25) is 0 Å². The highest BCUT2D eigenvalue weighted by Gasteiger charge is 2.47. The number of urea groups is 1. The number of piperidine rings is 2. The summed E-state index contributed by atoms with van der Waals surface area (Å²) in [5.74, 6) is 0. The maximum atomic E-state index is 13.0. The van der Waals surface area contributed by atoms with E-state index in [0.29, 0.717) is 13.2 Å². The summed E-state index contributed by atoms with van der Waals surface area (Å²) in [7, 11) is 0. The van der Waals surface area contributed by atoms with Crippen molar-refractivity contribution < 1.29 is 9.63 Å². The van der Waals surface area contributed by atoms with Crippen LogP contribution in [0.25, 0.3) is 0 Å². The molecule has 1 aromatic heterocycles. The second kappa shape index (κ2) is 7.67. The first-order valence-corrected chi connectivity index (χ1v) is 11.0. The molecule has 3 aliphatic rings. The Morgan fingerprint density at radius 3 is 2.71 bits per heavy atom. The average Bonchev–Trinajstić information content (AvgIpc) is 3.33. The topological polar surface area (TPSA) is 61.8 Å². The largest absolute Gasteiger partial charge is 0.347 e. The molecule has 0 saturated carbocycles. The summed E-state index contributed by atoms with van der Waals surface area (Å²) < 4.78 is 0. The quantitative estimate of drug-likeness (QED) is 0.769. The molecule has 3 aliphatic heterocycles. The van der Waals surface area contributed by atoms with Gasteiger partial charge in [-0.1, -0.05) is 41.7 Å². The standard InChI is InChI=1S/C20H25N5O2S/c26-20-24-13-16(25(20)27-14-15-7-3-1-4-8-15)9-10-17(24)18-21-22-19(28-18)23-11-5-2-6-12-23/h1,3-4,7-8,16-17H,2,5-6,9-14H2/t16-,17+/m1/s1. The fourth-order valence-electron chi connectivity index (χ4n) is 4.35. The molecule has 0 radical (unpaired) electrons. The zero-order valence-electron chi connectivity index (χ0n) is 15.9. The zero-order chi connectivity index (χ0) is 18.9. The predicted molar refractivity (Wildman–Crippen MR) is 107 cm³/mol. The van der Waals surface area contributed by atoms with Gasteiger partial charge < -0.3 is 9.80 Å². The Hall–Kier alpha value is -2.19. The number of nitrogens with zero attached hydrogens (tertiary/aromatic N) is 5. The molecular formula is C20H25N5O2S. The van der Waals surface area contributed by atoms with Gasteiger partial charge in [-0.3, -0.25) is 4.84 Å². The molecule has 0 N–H and O–H groups in total. The van der Waals surface area contributed by atoms with Crippen LogP contribution in [-0.2, 0) is 11.4 Å². The van der Waals surface area contributed by atoms with Crippen molar-refractivity contribution >= 4 is 22.5 Å². The lowest BCUT2D eigenvalue weighted by Crippen LogP contribution is -2.34. The van der Waals surface area contributed by atoms with Crippen molar-refractivity contribution in [3.63, 3.8) is 0 Å². The number of aromatic nitrogens is 2. The second-order valence-electron chi connectivity index (χ2n) is 7.74. The molecule has 7 nitrogen and oxygen atoms in total. The highest BCUT2D eigenvalue weighted by atomic mass is 32.1. The van der Waals surface area contributed by atoms with Gasteiger partial charge in [-0.25, -0.2) is 4.79 Å². The molecule has 4 heterocycles. The van der Waals surface area contributed by atoms with E-state index in [9.17, 15) is 4.79 Å². The molecule has 0 unspecified atom stereocenters. The van der Waals surface area contributed by atoms with Crippen molar-refractivity contribution in [1.82, 2.24) is 20.2 Å². The van der Waals surface area contributed by atoms with Gasteiger partial charge in [0, 0.05) is 19.6 Å². The van der Waals surface area contributed by atoms with Crippen molar-refractivity contribution in [3.05, 3.63) is 40.9 Å². The maximum Gasteiger partial charge on any atom is 0.344 e. The summed E-state index contributed by atoms with van der Waals surface area (Å²) in [6, 6.07) is 10.1. The van der Waals surface area contributed by atoms with Crippen molar-refractivity contribution in [2.45, 2.75) is 50.8 Å². The van der Waals surface area contributed by atoms with Crippen LogP contribution >= 0.6 is 11.3 Å². The Balaban J connectivity index is 1.26. The van der Waals surface area contributed by atoms with Crippen molar-refractivity contribution in [3.8, 4) is 0 Å². The van der Waals surface area contributed by atoms with Crippen LogP contribution < -0.4 is 4.90 Å². The lowest BCUT2D eigenvalue weighted by atomic mass is 10.0. The Kier molecular flexibility index (Phi) is 4.90. The van der Waals surface area contributed by atoms with E-state index in [2.05, 4.69) is 15.1 Å². The van der Waals surface area contributed by atoms with Crippen molar-refractivity contribution in [2.75, 3.05) is 24.5 Å². The van der Waals surface area contributed by atoms with Crippen molar-refractivity contribution in [2.24, 2.45) is 0 Å². The number of carbonyl (C=O) groups excluding carboxylic acids is 1. The number of hydrogen-bond acceptors (Lipinski definition) is 6. The van der Waals surface area contributed by atoms with E-state index in [4.69, 9.17) is 4.84 Å². The zero-order valence-corrected chi connectivity index (χ0v) is 16.7. The van der Waals surface area contributed by atoms with Gasteiger partial charge in [0.25, 0.3) is 0 Å². The molecule has 2 atom stereocenters. The SMILES string of the molecule is O=C1N2C[C@@H](CC[C@H]2c2nnc(N3CCCCC3)s2)N1OCc1ccccc1. The summed E-state index contributed by atoms with van der Waals surface area (Å²) in [6.07, 6.45) is 5.58. The summed E-state index contributed by atoms with van der Waals surface area (Å²) in [4.78, 5) is 23.1. The van der Waals surface area contributed by atoms with Crippen LogP contribution in [0.4, 0.5) is 9.93 Å². The van der Waals surface area contributed by atoms with Crippen LogP contribution in [0.5, 0.6) is 0 Å². The van der Waals surface area contributed by atoms with Gasteiger partial charge in [-0.2, -0.15) is 5.06 Å². The third-order valence-corrected chi connectivity index (χ3v) is 6.96. The van der Waals surface area contributed by atoms with Crippen LogP contribution in [0.3, 0.4) is 0 Å². The fraction of sp³-hybridized carbons (Fsp3) is 0.550. The molecular weight excluding hydrogens is 374 g/mol. The highest BCUT2D eigenvalue weighted by Crippen LogP contribution is 2.40. The number of anilines is 1. The van der Waals surface area contributed by atoms with Gasteiger partial charge in [-0.05, 0) is 37.7 Å². The van der Waals surface area contributed by atoms with E-state index in [-0.39, 0.29) is 18.1 Å². The molecule has 2 bridgehead atoms. The number of rotatable bonds is 5. The molecule has 3 saturated heterocycles. The summed E-state index contributed by atoms with van der Waals surface area (Å²) in [5, 5.41) is 12.4. The molecule has 2 amide bonds. The summed E-state index contributed by atoms with van der Waals surface area (Å²) >= 11 is 1.65. The minimum Gasteiger partial charge on any atom is -0.347 e. The van der Waals surface area contributed by atoms with Gasteiger partial charge in [-0.15, -0.1) is 10.2 Å². The predicted octanol–water partition coefficient (Wildman–Crippen LogP) is 3.60. The lowest BCUT2D eigenvalue weighted by molar-refractivity contribution is -0.140. The van der Waals surface area contributed by atoms with E-state index in [1.807, 2.05) is 35.2 Å². The molecule has 5 rings (SSSR count). The Labute approximate surface area is 168 Å². The van der Waals surface area contributed by atoms with E-state index < -0.39 is 0 Å². The number of hydroxylamine groups is 2. The van der Waals surface area contributed by atoms with Crippen LogP contribution in [0.1, 0.15) is 48.7 Å². The summed E-state index contributed by atoms with van der Waals surface area (Å²) in [6.45, 7) is 3.24. The molecule has 8 heteroatoms. The van der Waals surface area contributed by atoms with Crippen LogP contribution in [0, 0.1) is 0 Å². The van der Waals surface area contributed by atoms with E-state index >= 15 is 0 Å². The van der Waals surface area contributed by atoms with Crippen LogP contribution in [-0.4, -0.2) is 51.9 Å². The Morgan fingerprint density at radius 2 is 1.89 bits per heavy atom. The number of hydrogen-bond donors (Lipinski definition) is 0. The lowest BCUT2D eigenvalue weighted by Gasteiger charge is -2.28. The Bertz CT molecular complexity index is 823. The molecule has 148 valence electrons. The number of carbonyl (C=O) groups is 1. The first-order chi connectivity index (χ1) is 13.8. The van der Waals surface area contributed by atoms with Crippen molar-refractivity contribution in [1.29, 1.82) is 0 Å². The third-order valence-electron chi connectivity index (χ3n) is 5.88. The monoisotopic (exact) mass is 399 g/mol. The van der Waals surface area contributed by atoms with Gasteiger partial charge >= 0.3 is 6.03 Å². The average molecular weight is 400 g/mol. The van der Waals surface area contributed by atoms with E-state index in [1.54, 1.807) is 16.4 Å². The van der Waals surface area contributed by atoms with Gasteiger partial charge in [0.1, 0.15) is 11.6 Å². The van der Waals surface area contributed by atoms with Gasteiger partial charge in [0.15, 0.2) is 0 Å². The number of fused-ring (bicyclic) bond motifs is 2. The van der Waals surface area contributed by atoms with Crippen LogP contribution in [0.15, 0.2) is 30.3 Å². The molecule has 3 fully saturated rings. The molecule has 0 aliphatic carbocycles. The van der Waals surface area contributed by atoms with Gasteiger partial charge in [0.05, 0.1) is 12.1 Å². The number of amides is 2. The summed E-state index contributed by atoms with van der Waals surface area (Å²) in [5.41, 5.74) is 1.07. The first kappa shape index (κ1) is 17.9. The molecule has 28 heavy (non-hydrogen) atoms. The van der Waals surface area contributed by atoms with E-state index in [1.165, 1.54) is 19.3 Å². The fourth-order valence-corrected chi connectivity index (χ4v) is 5.39. The minimum absolute atomic E-state index is 0.0186. The van der Waals surface area contributed by atoms with Gasteiger partial charge in [0.2, 0.25) is 5.13 Å². The Morgan fingerprint density at radius 1 is 1.07 bits per heavy atom. The third kappa shape index (κ3) is 3.35. The maximum absolute atomic E-state index is 13.0. The second-order valence-corrected chi connectivity index (χ2v) is 8.72. The molecule has 1 aromatic carbocycles. The smallest absolute Gasteiger partial charge is 0.344 e. The number of benzene rings is 1. The highest BCUT2D eigenvalue weighted by molar-refractivity contribution is 7.15. The van der Waals surface area contributed by atoms with E-state index in [0.717, 1.165) is 41.6 Å². The normalized spacial score (nSPS) is 24.9.